The Hall–Kier alpha value is -1.17. The Kier molecular flexibility index (Phi) is 3.67. The monoisotopic (exact) mass is 336 g/mol. The molecule has 106 valence electrons. The molecule has 1 aromatic heterocycles. The molecule has 1 aromatic carbocycles. The molecule has 4 nitrogen and oxygen atoms in total. The van der Waals surface area contributed by atoms with Crippen LogP contribution in [0.1, 0.15) is 12.5 Å². The molecule has 0 radical (unpaired) electrons. The van der Waals surface area contributed by atoms with Crippen molar-refractivity contribution in [3.63, 3.8) is 0 Å². The number of likely N-dealkylation sites (tertiary alicyclic amines) is 1. The maximum absolute atomic E-state index is 11.7. The number of hydrogen-bond acceptors (Lipinski definition) is 4. The van der Waals surface area contributed by atoms with Gasteiger partial charge in [0.1, 0.15) is 5.58 Å². The zero-order valence-corrected chi connectivity index (χ0v) is 12.9. The summed E-state index contributed by atoms with van der Waals surface area (Å²) in [6, 6.07) is 7.58. The summed E-state index contributed by atoms with van der Waals surface area (Å²) < 4.78 is 6.17. The van der Waals surface area contributed by atoms with Crippen molar-refractivity contribution in [2.75, 3.05) is 13.1 Å². The smallest absolute Gasteiger partial charge is 0.336 e. The Morgan fingerprint density at radius 3 is 2.90 bits per heavy atom. The van der Waals surface area contributed by atoms with Gasteiger partial charge in [0.05, 0.1) is 0 Å². The lowest BCUT2D eigenvalue weighted by Gasteiger charge is -2.16. The molecule has 0 spiro atoms. The van der Waals surface area contributed by atoms with Gasteiger partial charge in [0.15, 0.2) is 0 Å². The van der Waals surface area contributed by atoms with E-state index in [1.807, 2.05) is 18.2 Å². The Balaban J connectivity index is 1.97. The molecule has 0 aliphatic carbocycles. The molecule has 20 heavy (non-hydrogen) atoms. The summed E-state index contributed by atoms with van der Waals surface area (Å²) in [4.78, 5) is 14.0. The fourth-order valence-electron chi connectivity index (χ4n) is 2.80. The molecule has 1 fully saturated rings. The number of nitrogens with zero attached hydrogens (tertiary/aromatic N) is 1. The van der Waals surface area contributed by atoms with E-state index in [2.05, 4.69) is 27.8 Å². The summed E-state index contributed by atoms with van der Waals surface area (Å²) in [5.41, 5.74) is 7.38. The van der Waals surface area contributed by atoms with Crippen molar-refractivity contribution in [2.45, 2.75) is 19.5 Å². The molecule has 2 aromatic rings. The zero-order valence-electron chi connectivity index (χ0n) is 11.3. The summed E-state index contributed by atoms with van der Waals surface area (Å²) >= 11 is 3.40. The minimum atomic E-state index is -0.304. The van der Waals surface area contributed by atoms with Crippen molar-refractivity contribution in [2.24, 2.45) is 11.7 Å². The molecule has 2 unspecified atom stereocenters. The lowest BCUT2D eigenvalue weighted by Crippen LogP contribution is -2.28. The Labute approximate surface area is 125 Å². The average Bonchev–Trinajstić information content (AvgIpc) is 2.67. The molecule has 2 heterocycles. The van der Waals surface area contributed by atoms with Crippen LogP contribution in [-0.4, -0.2) is 24.0 Å². The normalized spacial score (nSPS) is 23.6. The third-order valence-corrected chi connectivity index (χ3v) is 4.43. The SMILES string of the molecule is CC1CN(Cc2cc(=O)oc3cc(Br)ccc23)CC1N. The molecule has 0 saturated carbocycles. The van der Waals surface area contributed by atoms with Crippen LogP contribution < -0.4 is 11.4 Å². The van der Waals surface area contributed by atoms with Gasteiger partial charge in [-0.15, -0.1) is 0 Å². The number of rotatable bonds is 2. The summed E-state index contributed by atoms with van der Waals surface area (Å²) in [5.74, 6) is 0.496. The molecule has 3 rings (SSSR count). The minimum Gasteiger partial charge on any atom is -0.423 e. The first-order valence-electron chi connectivity index (χ1n) is 6.73. The van der Waals surface area contributed by atoms with E-state index < -0.39 is 0 Å². The van der Waals surface area contributed by atoms with Crippen LogP contribution in [0.5, 0.6) is 0 Å². The van der Waals surface area contributed by atoms with E-state index in [0.717, 1.165) is 35.1 Å². The molecule has 0 bridgehead atoms. The predicted molar refractivity (Wildman–Crippen MR) is 82.6 cm³/mol. The second kappa shape index (κ2) is 5.31. The first-order valence-corrected chi connectivity index (χ1v) is 7.52. The molecule has 2 N–H and O–H groups in total. The van der Waals surface area contributed by atoms with Crippen LogP contribution in [0, 0.1) is 5.92 Å². The van der Waals surface area contributed by atoms with Crippen LogP contribution in [-0.2, 0) is 6.54 Å². The topological polar surface area (TPSA) is 59.5 Å². The number of halogens is 1. The quantitative estimate of drug-likeness (QED) is 0.855. The Morgan fingerprint density at radius 2 is 2.20 bits per heavy atom. The van der Waals surface area contributed by atoms with Crippen molar-refractivity contribution in [3.05, 3.63) is 44.7 Å². The average molecular weight is 337 g/mol. The second-order valence-corrected chi connectivity index (χ2v) is 6.48. The van der Waals surface area contributed by atoms with Gasteiger partial charge in [0, 0.05) is 41.6 Å². The van der Waals surface area contributed by atoms with E-state index in [1.165, 1.54) is 0 Å². The van der Waals surface area contributed by atoms with Gasteiger partial charge in [0.25, 0.3) is 0 Å². The fourth-order valence-corrected chi connectivity index (χ4v) is 3.14. The van der Waals surface area contributed by atoms with E-state index in [-0.39, 0.29) is 11.7 Å². The molecule has 1 aliphatic heterocycles. The van der Waals surface area contributed by atoms with Gasteiger partial charge in [-0.1, -0.05) is 22.9 Å². The van der Waals surface area contributed by atoms with Crippen molar-refractivity contribution in [1.82, 2.24) is 4.90 Å². The largest absolute Gasteiger partial charge is 0.423 e. The Bertz CT molecular complexity index is 688. The highest BCUT2D eigenvalue weighted by Crippen LogP contribution is 2.24. The van der Waals surface area contributed by atoms with Gasteiger partial charge in [-0.05, 0) is 29.7 Å². The van der Waals surface area contributed by atoms with Gasteiger partial charge in [0.2, 0.25) is 0 Å². The van der Waals surface area contributed by atoms with Crippen LogP contribution >= 0.6 is 15.9 Å². The van der Waals surface area contributed by atoms with Gasteiger partial charge >= 0.3 is 5.63 Å². The summed E-state index contributed by atoms with van der Waals surface area (Å²) in [7, 11) is 0. The van der Waals surface area contributed by atoms with E-state index in [4.69, 9.17) is 10.2 Å². The number of fused-ring (bicyclic) bond motifs is 1. The second-order valence-electron chi connectivity index (χ2n) is 5.57. The van der Waals surface area contributed by atoms with Crippen molar-refractivity contribution in [3.8, 4) is 0 Å². The van der Waals surface area contributed by atoms with Gasteiger partial charge in [-0.2, -0.15) is 0 Å². The maximum atomic E-state index is 11.7. The lowest BCUT2D eigenvalue weighted by molar-refractivity contribution is 0.319. The summed E-state index contributed by atoms with van der Waals surface area (Å²) in [6.45, 7) is 4.75. The number of nitrogens with two attached hydrogens (primary N) is 1. The maximum Gasteiger partial charge on any atom is 0.336 e. The zero-order chi connectivity index (χ0) is 14.3. The molecule has 1 aliphatic rings. The van der Waals surface area contributed by atoms with E-state index in [0.29, 0.717) is 11.5 Å². The van der Waals surface area contributed by atoms with Gasteiger partial charge < -0.3 is 10.2 Å². The third kappa shape index (κ3) is 2.66. The molecule has 0 amide bonds. The van der Waals surface area contributed by atoms with Crippen molar-refractivity contribution in [1.29, 1.82) is 0 Å². The highest BCUT2D eigenvalue weighted by molar-refractivity contribution is 9.10. The van der Waals surface area contributed by atoms with Gasteiger partial charge in [-0.3, -0.25) is 4.90 Å². The fraction of sp³-hybridized carbons (Fsp3) is 0.400. The lowest BCUT2D eigenvalue weighted by atomic mass is 10.1. The first kappa shape index (κ1) is 13.8. The highest BCUT2D eigenvalue weighted by Gasteiger charge is 2.26. The van der Waals surface area contributed by atoms with Crippen LogP contribution in [0.4, 0.5) is 0 Å². The van der Waals surface area contributed by atoms with Gasteiger partial charge in [-0.25, -0.2) is 4.79 Å². The molecular weight excluding hydrogens is 320 g/mol. The van der Waals surface area contributed by atoms with Crippen molar-refractivity contribution < 1.29 is 4.42 Å². The van der Waals surface area contributed by atoms with E-state index >= 15 is 0 Å². The van der Waals surface area contributed by atoms with Crippen LogP contribution in [0.3, 0.4) is 0 Å². The predicted octanol–water partition coefficient (Wildman–Crippen LogP) is 2.33. The van der Waals surface area contributed by atoms with E-state index in [1.54, 1.807) is 6.07 Å². The summed E-state index contributed by atoms with van der Waals surface area (Å²) in [6.07, 6.45) is 0. The van der Waals surface area contributed by atoms with Crippen LogP contribution in [0.15, 0.2) is 37.9 Å². The minimum absolute atomic E-state index is 0.218. The molecule has 1 saturated heterocycles. The molecule has 5 heteroatoms. The Morgan fingerprint density at radius 1 is 1.40 bits per heavy atom. The highest BCUT2D eigenvalue weighted by atomic mass is 79.9. The first-order chi connectivity index (χ1) is 9.52. The van der Waals surface area contributed by atoms with Crippen LogP contribution in [0.2, 0.25) is 0 Å². The number of hydrogen-bond donors (Lipinski definition) is 1. The summed E-state index contributed by atoms with van der Waals surface area (Å²) in [5, 5.41) is 0.987. The van der Waals surface area contributed by atoms with Crippen molar-refractivity contribution >= 4 is 26.9 Å². The number of benzene rings is 1. The molecular formula is C15H17BrN2O2. The molecule has 2 atom stereocenters. The van der Waals surface area contributed by atoms with E-state index in [9.17, 15) is 4.79 Å². The third-order valence-electron chi connectivity index (χ3n) is 3.93. The standard InChI is InChI=1S/C15H17BrN2O2/c1-9-6-18(8-13(9)17)7-10-4-15(19)20-14-5-11(16)2-3-12(10)14/h2-5,9,13H,6-8,17H2,1H3. The van der Waals surface area contributed by atoms with Crippen LogP contribution in [0.25, 0.3) is 11.0 Å².